The van der Waals surface area contributed by atoms with Crippen LogP contribution in [0.4, 0.5) is 0 Å². The highest BCUT2D eigenvalue weighted by Crippen LogP contribution is 2.37. The van der Waals surface area contributed by atoms with E-state index in [1.165, 1.54) is 0 Å². The topological polar surface area (TPSA) is 132 Å². The summed E-state index contributed by atoms with van der Waals surface area (Å²) in [4.78, 5) is 45.9. The zero-order valence-electron chi connectivity index (χ0n) is 7.72. The van der Waals surface area contributed by atoms with E-state index < -0.39 is 25.8 Å². The molecule has 88 valence electrons. The number of carbonyl (C=O) groups excluding carboxylic acids is 1. The molecule has 0 fully saturated rings. The molecular weight excluding hydrogens is 258 g/mol. The van der Waals surface area contributed by atoms with Crippen molar-refractivity contribution in [2.75, 3.05) is 0 Å². The van der Waals surface area contributed by atoms with Gasteiger partial charge in [0.05, 0.1) is 10.6 Å². The van der Waals surface area contributed by atoms with Crippen molar-refractivity contribution in [2.45, 2.75) is 0 Å². The molecule has 7 nitrogen and oxygen atoms in total. The van der Waals surface area contributed by atoms with E-state index in [0.29, 0.717) is 6.07 Å². The van der Waals surface area contributed by atoms with Crippen LogP contribution >= 0.6 is 15.2 Å². The van der Waals surface area contributed by atoms with Crippen LogP contribution in [-0.4, -0.2) is 25.9 Å². The summed E-state index contributed by atoms with van der Waals surface area (Å²) in [6.07, 6.45) is 0.206. The summed E-state index contributed by atoms with van der Waals surface area (Å²) in [5, 5.41) is -1.24. The summed E-state index contributed by atoms with van der Waals surface area (Å²) in [5.74, 6) is 0. The van der Waals surface area contributed by atoms with Crippen molar-refractivity contribution in [3.05, 3.63) is 23.8 Å². The fourth-order valence-electron chi connectivity index (χ4n) is 1.07. The minimum atomic E-state index is -4.74. The number of hydrogen-bond donors (Lipinski definition) is 4. The Balaban J connectivity index is 3.51. The van der Waals surface area contributed by atoms with E-state index in [9.17, 15) is 13.9 Å². The molecule has 0 unspecified atom stereocenters. The van der Waals surface area contributed by atoms with Gasteiger partial charge in [-0.05, 0) is 18.2 Å². The van der Waals surface area contributed by atoms with Gasteiger partial charge < -0.3 is 19.6 Å². The first kappa shape index (κ1) is 13.3. The van der Waals surface area contributed by atoms with Gasteiger partial charge in [-0.2, -0.15) is 0 Å². The van der Waals surface area contributed by atoms with E-state index in [2.05, 4.69) is 0 Å². The summed E-state index contributed by atoms with van der Waals surface area (Å²) in [7, 11) is -9.35. The van der Waals surface area contributed by atoms with Crippen LogP contribution in [-0.2, 0) is 9.13 Å². The van der Waals surface area contributed by atoms with E-state index in [-0.39, 0.29) is 11.8 Å². The summed E-state index contributed by atoms with van der Waals surface area (Å²) >= 11 is 0. The van der Waals surface area contributed by atoms with Crippen LogP contribution in [0.15, 0.2) is 18.2 Å². The average Bonchev–Trinajstić information content (AvgIpc) is 2.14. The molecule has 1 aromatic carbocycles. The second-order valence-electron chi connectivity index (χ2n) is 2.95. The quantitative estimate of drug-likeness (QED) is 0.412. The van der Waals surface area contributed by atoms with Crippen LogP contribution < -0.4 is 10.6 Å². The van der Waals surface area contributed by atoms with Crippen LogP contribution in [0, 0.1) is 0 Å². The Morgan fingerprint density at radius 2 is 1.56 bits per heavy atom. The summed E-state index contributed by atoms with van der Waals surface area (Å²) in [5.41, 5.74) is -0.300. The van der Waals surface area contributed by atoms with Gasteiger partial charge >= 0.3 is 15.2 Å². The molecule has 0 aliphatic heterocycles. The molecule has 0 saturated heterocycles. The molecule has 4 N–H and O–H groups in total. The molecule has 9 heteroatoms. The summed E-state index contributed by atoms with van der Waals surface area (Å²) in [6.45, 7) is 0. The lowest BCUT2D eigenvalue weighted by molar-refractivity contribution is 0.112. The summed E-state index contributed by atoms with van der Waals surface area (Å²) < 4.78 is 21.8. The first-order valence-corrected chi connectivity index (χ1v) is 7.10. The Morgan fingerprint density at radius 1 is 1.00 bits per heavy atom. The van der Waals surface area contributed by atoms with E-state index in [1.807, 2.05) is 0 Å². The number of carbonyl (C=O) groups is 1. The third kappa shape index (κ3) is 2.86. The van der Waals surface area contributed by atoms with Gasteiger partial charge in [-0.15, -0.1) is 0 Å². The molecule has 0 amide bonds. The lowest BCUT2D eigenvalue weighted by Gasteiger charge is -2.10. The van der Waals surface area contributed by atoms with E-state index in [4.69, 9.17) is 19.6 Å². The third-order valence-corrected chi connectivity index (χ3v) is 3.76. The number of aldehydes is 1. The van der Waals surface area contributed by atoms with Crippen LogP contribution in [0.25, 0.3) is 0 Å². The molecule has 0 heterocycles. The van der Waals surface area contributed by atoms with Gasteiger partial charge in [0.1, 0.15) is 0 Å². The first-order chi connectivity index (χ1) is 7.16. The Labute approximate surface area is 90.1 Å². The molecule has 0 atom stereocenters. The molecule has 0 radical (unpaired) electrons. The van der Waals surface area contributed by atoms with Gasteiger partial charge in [0.2, 0.25) is 0 Å². The van der Waals surface area contributed by atoms with Crippen LogP contribution in [0.2, 0.25) is 0 Å². The Hall–Kier alpha value is -0.810. The maximum absolute atomic E-state index is 11.0. The second kappa shape index (κ2) is 4.22. The number of hydrogen-bond acceptors (Lipinski definition) is 3. The SMILES string of the molecule is O=Cc1ccc(P(=O)(O)O)cc1P(=O)(O)O. The van der Waals surface area contributed by atoms with Crippen molar-refractivity contribution in [2.24, 2.45) is 0 Å². The maximum atomic E-state index is 11.0. The highest BCUT2D eigenvalue weighted by molar-refractivity contribution is 7.62. The Kier molecular flexibility index (Phi) is 3.50. The predicted octanol–water partition coefficient (Wildman–Crippen LogP) is -0.895. The predicted molar refractivity (Wildman–Crippen MR) is 55.2 cm³/mol. The van der Waals surface area contributed by atoms with Gasteiger partial charge in [-0.1, -0.05) is 0 Å². The van der Waals surface area contributed by atoms with Gasteiger partial charge in [0, 0.05) is 5.56 Å². The molecule has 0 aromatic heterocycles. The zero-order chi connectivity index (χ0) is 12.6. The average molecular weight is 266 g/mol. The molecule has 16 heavy (non-hydrogen) atoms. The van der Waals surface area contributed by atoms with Crippen molar-refractivity contribution in [3.63, 3.8) is 0 Å². The molecule has 0 spiro atoms. The van der Waals surface area contributed by atoms with Crippen LogP contribution in [0.1, 0.15) is 10.4 Å². The monoisotopic (exact) mass is 266 g/mol. The standard InChI is InChI=1S/C7H8O7P2/c8-4-5-1-2-6(15(9,10)11)3-7(5)16(12,13)14/h1-4H,(H2,9,10,11)(H2,12,13,14). The highest BCUT2D eigenvalue weighted by atomic mass is 31.2. The van der Waals surface area contributed by atoms with Gasteiger partial charge in [0.25, 0.3) is 0 Å². The Bertz CT molecular complexity index is 511. The third-order valence-electron chi connectivity index (χ3n) is 1.79. The molecule has 0 aliphatic rings. The normalized spacial score (nSPS) is 12.5. The highest BCUT2D eigenvalue weighted by Gasteiger charge is 2.26. The van der Waals surface area contributed by atoms with Gasteiger partial charge in [0.15, 0.2) is 6.29 Å². The van der Waals surface area contributed by atoms with E-state index >= 15 is 0 Å². The van der Waals surface area contributed by atoms with Crippen LogP contribution in [0.3, 0.4) is 0 Å². The summed E-state index contributed by atoms with van der Waals surface area (Å²) in [6, 6.07) is 2.55. The second-order valence-corrected chi connectivity index (χ2v) is 6.12. The molecular formula is C7H8O7P2. The molecule has 1 rings (SSSR count). The molecule has 1 aromatic rings. The minimum Gasteiger partial charge on any atom is -0.321 e. The molecule has 0 bridgehead atoms. The zero-order valence-corrected chi connectivity index (χ0v) is 9.51. The van der Waals surface area contributed by atoms with Crippen LogP contribution in [0.5, 0.6) is 0 Å². The van der Waals surface area contributed by atoms with E-state index in [0.717, 1.165) is 12.1 Å². The molecule has 0 saturated carbocycles. The lowest BCUT2D eigenvalue weighted by Crippen LogP contribution is -2.17. The number of benzene rings is 1. The lowest BCUT2D eigenvalue weighted by atomic mass is 10.2. The fourth-order valence-corrected chi connectivity index (χ4v) is 2.50. The first-order valence-electron chi connectivity index (χ1n) is 3.87. The number of rotatable bonds is 3. The maximum Gasteiger partial charge on any atom is 0.356 e. The Morgan fingerprint density at radius 3 is 1.94 bits per heavy atom. The van der Waals surface area contributed by atoms with Gasteiger partial charge in [-0.3, -0.25) is 13.9 Å². The van der Waals surface area contributed by atoms with Crippen molar-refractivity contribution >= 4 is 32.1 Å². The largest absolute Gasteiger partial charge is 0.356 e. The minimum absolute atomic E-state index is 0.206. The molecule has 0 aliphatic carbocycles. The van der Waals surface area contributed by atoms with Crippen molar-refractivity contribution in [3.8, 4) is 0 Å². The van der Waals surface area contributed by atoms with Crippen molar-refractivity contribution in [1.29, 1.82) is 0 Å². The van der Waals surface area contributed by atoms with E-state index in [1.54, 1.807) is 0 Å². The van der Waals surface area contributed by atoms with Crippen molar-refractivity contribution in [1.82, 2.24) is 0 Å². The smallest absolute Gasteiger partial charge is 0.321 e. The fraction of sp³-hybridized carbons (Fsp3) is 0. The van der Waals surface area contributed by atoms with Gasteiger partial charge in [-0.25, -0.2) is 0 Å². The van der Waals surface area contributed by atoms with Crippen molar-refractivity contribution < 1.29 is 33.5 Å².